The summed E-state index contributed by atoms with van der Waals surface area (Å²) in [7, 11) is 0. The van der Waals surface area contributed by atoms with Crippen LogP contribution in [0.1, 0.15) is 45.7 Å². The van der Waals surface area contributed by atoms with Gasteiger partial charge in [0.25, 0.3) is 0 Å². The van der Waals surface area contributed by atoms with Gasteiger partial charge in [0.15, 0.2) is 0 Å². The Kier molecular flexibility index (Phi) is 8.33. The zero-order valence-corrected chi connectivity index (χ0v) is 14.9. The highest BCUT2D eigenvalue weighted by Crippen LogP contribution is 2.23. The number of fused-ring (bicyclic) bond motifs is 1. The van der Waals surface area contributed by atoms with Crippen molar-refractivity contribution in [1.29, 1.82) is 0 Å². The summed E-state index contributed by atoms with van der Waals surface area (Å²) in [5.74, 6) is 0.00353. The van der Waals surface area contributed by atoms with Gasteiger partial charge in [-0.3, -0.25) is 9.78 Å². The van der Waals surface area contributed by atoms with Crippen LogP contribution in [0, 0.1) is 6.92 Å². The number of aryl methyl sites for hydroxylation is 1. The lowest BCUT2D eigenvalue weighted by Gasteiger charge is -2.15. The molecule has 0 saturated heterocycles. The molecule has 2 heterocycles. The molecule has 0 spiro atoms. The molecule has 1 unspecified atom stereocenters. The van der Waals surface area contributed by atoms with Crippen LogP contribution in [0.5, 0.6) is 0 Å². The zero-order chi connectivity index (χ0) is 17.2. The minimum atomic E-state index is -0.255. The number of nitrogens with one attached hydrogen (secondary N) is 1. The van der Waals surface area contributed by atoms with E-state index in [2.05, 4.69) is 17.2 Å². The van der Waals surface area contributed by atoms with Gasteiger partial charge < -0.3 is 14.6 Å². The standard InChI is InChI=1S/C16H23N3O2.C2H6/c1-4-8-21-9-7-18-16(20)13(3)19-11-12(2)14-10-17-6-5-15(14)19;1-2/h5-6,10-11,13H,4,7-9H2,1-3H3,(H,18,20);1-2H3. The van der Waals surface area contributed by atoms with Crippen LogP contribution in [-0.4, -0.2) is 35.2 Å². The average molecular weight is 319 g/mol. The Bertz CT molecular complexity index is 607. The van der Waals surface area contributed by atoms with E-state index in [1.54, 1.807) is 6.20 Å². The molecule has 5 heteroatoms. The Labute approximate surface area is 139 Å². The summed E-state index contributed by atoms with van der Waals surface area (Å²) in [4.78, 5) is 16.4. The molecule has 23 heavy (non-hydrogen) atoms. The molecule has 0 aliphatic carbocycles. The normalized spacial score (nSPS) is 11.7. The molecule has 0 bridgehead atoms. The fourth-order valence-corrected chi connectivity index (χ4v) is 2.35. The zero-order valence-electron chi connectivity index (χ0n) is 14.9. The third kappa shape index (κ3) is 5.06. The molecule has 1 amide bonds. The molecule has 0 saturated carbocycles. The molecule has 0 fully saturated rings. The van der Waals surface area contributed by atoms with Gasteiger partial charge in [-0.05, 0) is 31.9 Å². The minimum absolute atomic E-state index is 0.00353. The van der Waals surface area contributed by atoms with Crippen LogP contribution in [-0.2, 0) is 9.53 Å². The molecular weight excluding hydrogens is 290 g/mol. The Morgan fingerprint density at radius 2 is 2.13 bits per heavy atom. The number of carbonyl (C=O) groups is 1. The Balaban J connectivity index is 0.00000127. The molecule has 128 valence electrons. The molecule has 5 nitrogen and oxygen atoms in total. The first-order valence-corrected chi connectivity index (χ1v) is 8.41. The van der Waals surface area contributed by atoms with Gasteiger partial charge in [0, 0.05) is 37.1 Å². The van der Waals surface area contributed by atoms with Crippen LogP contribution in [0.3, 0.4) is 0 Å². The smallest absolute Gasteiger partial charge is 0.242 e. The van der Waals surface area contributed by atoms with E-state index < -0.39 is 0 Å². The van der Waals surface area contributed by atoms with Crippen molar-refractivity contribution in [1.82, 2.24) is 14.9 Å². The lowest BCUT2D eigenvalue weighted by molar-refractivity contribution is -0.124. The van der Waals surface area contributed by atoms with Crippen LogP contribution in [0.15, 0.2) is 24.7 Å². The van der Waals surface area contributed by atoms with E-state index in [4.69, 9.17) is 4.74 Å². The summed E-state index contributed by atoms with van der Waals surface area (Å²) >= 11 is 0. The summed E-state index contributed by atoms with van der Waals surface area (Å²) in [6.45, 7) is 11.8. The molecule has 0 radical (unpaired) electrons. The molecule has 2 aromatic heterocycles. The molecule has 0 aromatic carbocycles. The number of hydrogen-bond acceptors (Lipinski definition) is 3. The lowest BCUT2D eigenvalue weighted by Crippen LogP contribution is -2.33. The first-order chi connectivity index (χ1) is 11.1. The number of rotatable bonds is 7. The number of aromatic nitrogens is 2. The second kappa shape index (κ2) is 10.0. The van der Waals surface area contributed by atoms with Crippen LogP contribution >= 0.6 is 0 Å². The van der Waals surface area contributed by atoms with Crippen molar-refractivity contribution in [3.63, 3.8) is 0 Å². The van der Waals surface area contributed by atoms with Crippen LogP contribution in [0.25, 0.3) is 10.9 Å². The molecule has 0 aliphatic heterocycles. The van der Waals surface area contributed by atoms with Crippen molar-refractivity contribution < 1.29 is 9.53 Å². The predicted octanol–water partition coefficient (Wildman–Crippen LogP) is 3.47. The summed E-state index contributed by atoms with van der Waals surface area (Å²) < 4.78 is 7.36. The monoisotopic (exact) mass is 319 g/mol. The highest BCUT2D eigenvalue weighted by molar-refractivity contribution is 5.87. The van der Waals surface area contributed by atoms with Crippen molar-refractivity contribution in [2.75, 3.05) is 19.8 Å². The number of carbonyl (C=O) groups excluding carboxylic acids is 1. The highest BCUT2D eigenvalue weighted by atomic mass is 16.5. The van der Waals surface area contributed by atoms with Gasteiger partial charge in [-0.25, -0.2) is 0 Å². The average Bonchev–Trinajstić information content (AvgIpc) is 2.93. The number of hydrogen-bond donors (Lipinski definition) is 1. The first-order valence-electron chi connectivity index (χ1n) is 8.41. The fraction of sp³-hybridized carbons (Fsp3) is 0.556. The quantitative estimate of drug-likeness (QED) is 0.795. The summed E-state index contributed by atoms with van der Waals surface area (Å²) in [5.41, 5.74) is 2.16. The molecule has 2 aromatic rings. The maximum absolute atomic E-state index is 12.2. The summed E-state index contributed by atoms with van der Waals surface area (Å²) in [6.07, 6.45) is 6.59. The van der Waals surface area contributed by atoms with Gasteiger partial charge in [-0.15, -0.1) is 0 Å². The van der Waals surface area contributed by atoms with E-state index in [-0.39, 0.29) is 11.9 Å². The largest absolute Gasteiger partial charge is 0.380 e. The predicted molar refractivity (Wildman–Crippen MR) is 94.6 cm³/mol. The molecule has 1 N–H and O–H groups in total. The first kappa shape index (κ1) is 19.2. The van der Waals surface area contributed by atoms with Crippen molar-refractivity contribution >= 4 is 16.8 Å². The molecular formula is C18H29N3O2. The van der Waals surface area contributed by atoms with Gasteiger partial charge in [0.05, 0.1) is 12.1 Å². The molecule has 1 atom stereocenters. The van der Waals surface area contributed by atoms with E-state index in [9.17, 15) is 4.79 Å². The van der Waals surface area contributed by atoms with Gasteiger partial charge >= 0.3 is 0 Å². The Morgan fingerprint density at radius 3 is 2.83 bits per heavy atom. The summed E-state index contributed by atoms with van der Waals surface area (Å²) in [6, 6.07) is 1.69. The molecule has 0 aliphatic rings. The lowest BCUT2D eigenvalue weighted by atomic mass is 10.2. The molecule has 2 rings (SSSR count). The second-order valence-corrected chi connectivity index (χ2v) is 5.19. The Morgan fingerprint density at radius 1 is 1.39 bits per heavy atom. The number of pyridine rings is 1. The maximum atomic E-state index is 12.2. The van der Waals surface area contributed by atoms with E-state index in [0.29, 0.717) is 13.2 Å². The minimum Gasteiger partial charge on any atom is -0.380 e. The van der Waals surface area contributed by atoms with Crippen molar-refractivity contribution in [2.24, 2.45) is 0 Å². The van der Waals surface area contributed by atoms with Gasteiger partial charge in [-0.2, -0.15) is 0 Å². The van der Waals surface area contributed by atoms with Crippen molar-refractivity contribution in [3.8, 4) is 0 Å². The van der Waals surface area contributed by atoms with E-state index in [0.717, 1.165) is 29.5 Å². The van der Waals surface area contributed by atoms with Crippen LogP contribution in [0.4, 0.5) is 0 Å². The van der Waals surface area contributed by atoms with E-state index in [1.807, 2.05) is 50.7 Å². The van der Waals surface area contributed by atoms with Gasteiger partial charge in [-0.1, -0.05) is 20.8 Å². The van der Waals surface area contributed by atoms with E-state index >= 15 is 0 Å². The number of amides is 1. The van der Waals surface area contributed by atoms with Crippen LogP contribution < -0.4 is 5.32 Å². The highest BCUT2D eigenvalue weighted by Gasteiger charge is 2.17. The summed E-state index contributed by atoms with van der Waals surface area (Å²) in [5, 5.41) is 4.00. The Hall–Kier alpha value is -1.88. The topological polar surface area (TPSA) is 56.1 Å². The van der Waals surface area contributed by atoms with Crippen molar-refractivity contribution in [3.05, 3.63) is 30.2 Å². The van der Waals surface area contributed by atoms with Crippen molar-refractivity contribution in [2.45, 2.75) is 47.1 Å². The van der Waals surface area contributed by atoms with E-state index in [1.165, 1.54) is 0 Å². The van der Waals surface area contributed by atoms with Gasteiger partial charge in [0.1, 0.15) is 6.04 Å². The maximum Gasteiger partial charge on any atom is 0.242 e. The van der Waals surface area contributed by atoms with Crippen LogP contribution in [0.2, 0.25) is 0 Å². The fourth-order valence-electron chi connectivity index (χ4n) is 2.35. The third-order valence-corrected chi connectivity index (χ3v) is 3.52. The number of nitrogens with zero attached hydrogens (tertiary/aromatic N) is 2. The SMILES string of the molecule is CC.CCCOCCNC(=O)C(C)n1cc(C)c2cnccc21. The van der Waals surface area contributed by atoms with Gasteiger partial charge in [0.2, 0.25) is 5.91 Å². The second-order valence-electron chi connectivity index (χ2n) is 5.19. The third-order valence-electron chi connectivity index (χ3n) is 3.52. The number of ether oxygens (including phenoxy) is 1.